The monoisotopic (exact) mass is 349 g/mol. The van der Waals surface area contributed by atoms with E-state index < -0.39 is 7.60 Å². The quantitative estimate of drug-likeness (QED) is 0.766. The van der Waals surface area contributed by atoms with Crippen LogP contribution in [-0.4, -0.2) is 68.5 Å². The second kappa shape index (κ2) is 7.36. The van der Waals surface area contributed by atoms with E-state index in [1.807, 2.05) is 24.3 Å². The molecule has 0 aromatic carbocycles. The number of aromatic nitrogens is 3. The smallest absolute Gasteiger partial charge is 0.326 e. The number of piperazine rings is 1. The normalized spacial score (nSPS) is 16.3. The number of hydrogen-bond donors (Lipinski definition) is 2. The van der Waals surface area contributed by atoms with Gasteiger partial charge < -0.3 is 14.7 Å². The zero-order valence-electron chi connectivity index (χ0n) is 13.2. The average molecular weight is 349 g/mol. The zero-order chi connectivity index (χ0) is 17.0. The summed E-state index contributed by atoms with van der Waals surface area (Å²) in [6, 6.07) is 7.62. The molecular weight excluding hydrogens is 329 g/mol. The van der Waals surface area contributed by atoms with E-state index in [1.54, 1.807) is 12.5 Å². The molecule has 2 N–H and O–H groups in total. The van der Waals surface area contributed by atoms with Gasteiger partial charge in [0.25, 0.3) is 0 Å². The van der Waals surface area contributed by atoms with Gasteiger partial charge in [-0.1, -0.05) is 6.07 Å². The van der Waals surface area contributed by atoms with Crippen LogP contribution in [0.4, 0.5) is 5.82 Å². The fraction of sp³-hybridized carbons (Fsp3) is 0.400. The number of pyridine rings is 1. The fourth-order valence-corrected chi connectivity index (χ4v) is 3.19. The summed E-state index contributed by atoms with van der Waals surface area (Å²) in [5.41, 5.74) is 1.59. The summed E-state index contributed by atoms with van der Waals surface area (Å²) in [6.45, 7) is 3.45. The van der Waals surface area contributed by atoms with Crippen molar-refractivity contribution in [3.8, 4) is 11.4 Å². The minimum absolute atomic E-state index is 0.0929. The molecule has 0 atom stereocenters. The highest BCUT2D eigenvalue weighted by molar-refractivity contribution is 7.51. The molecule has 3 rings (SSSR count). The standard InChI is InChI=1S/C15H20N5O3P/c21-24(22,23)10-9-19-5-7-20(8-6-19)15-11-14(17-12-18-15)13-3-1-2-4-16-13/h1-4,11-12H,5-10H2,(H2,21,22,23). The average Bonchev–Trinajstić information content (AvgIpc) is 2.61. The van der Waals surface area contributed by atoms with Crippen LogP contribution < -0.4 is 4.90 Å². The molecule has 0 amide bonds. The molecule has 0 radical (unpaired) electrons. The molecule has 1 fully saturated rings. The van der Waals surface area contributed by atoms with Gasteiger partial charge in [-0.25, -0.2) is 9.97 Å². The lowest BCUT2D eigenvalue weighted by Crippen LogP contribution is -2.47. The second-order valence-electron chi connectivity index (χ2n) is 5.69. The number of hydrogen-bond acceptors (Lipinski definition) is 6. The molecule has 3 heterocycles. The first-order valence-corrected chi connectivity index (χ1v) is 9.56. The fourth-order valence-electron chi connectivity index (χ4n) is 2.65. The van der Waals surface area contributed by atoms with Gasteiger partial charge >= 0.3 is 7.60 Å². The minimum atomic E-state index is -3.93. The summed E-state index contributed by atoms with van der Waals surface area (Å²) < 4.78 is 11.0. The molecule has 9 heteroatoms. The molecule has 1 aliphatic heterocycles. The van der Waals surface area contributed by atoms with Crippen LogP contribution in [0.3, 0.4) is 0 Å². The lowest BCUT2D eigenvalue weighted by molar-refractivity contribution is 0.264. The van der Waals surface area contributed by atoms with E-state index in [9.17, 15) is 4.57 Å². The molecule has 2 aromatic rings. The zero-order valence-corrected chi connectivity index (χ0v) is 14.1. The topological polar surface area (TPSA) is 103 Å². The van der Waals surface area contributed by atoms with Crippen LogP contribution in [-0.2, 0) is 4.57 Å². The number of rotatable bonds is 5. The highest BCUT2D eigenvalue weighted by atomic mass is 31.2. The Morgan fingerprint density at radius 1 is 1.04 bits per heavy atom. The molecule has 0 unspecified atom stereocenters. The van der Waals surface area contributed by atoms with Crippen LogP contribution >= 0.6 is 7.60 Å². The number of anilines is 1. The van der Waals surface area contributed by atoms with Gasteiger partial charge in [0.05, 0.1) is 17.5 Å². The van der Waals surface area contributed by atoms with E-state index in [0.29, 0.717) is 6.54 Å². The third-order valence-electron chi connectivity index (χ3n) is 3.98. The molecule has 8 nitrogen and oxygen atoms in total. The first-order chi connectivity index (χ1) is 11.5. The van der Waals surface area contributed by atoms with Gasteiger partial charge in [0, 0.05) is 45.0 Å². The molecule has 0 aliphatic carbocycles. The summed E-state index contributed by atoms with van der Waals surface area (Å²) >= 11 is 0. The van der Waals surface area contributed by atoms with Crippen LogP contribution in [0.25, 0.3) is 11.4 Å². The second-order valence-corrected chi connectivity index (χ2v) is 7.47. The predicted octanol–water partition coefficient (Wildman–Crippen LogP) is 0.838. The van der Waals surface area contributed by atoms with Gasteiger partial charge in [-0.15, -0.1) is 0 Å². The van der Waals surface area contributed by atoms with Crippen molar-refractivity contribution in [3.63, 3.8) is 0 Å². The highest BCUT2D eigenvalue weighted by Gasteiger charge is 2.21. The van der Waals surface area contributed by atoms with Gasteiger partial charge in [-0.05, 0) is 12.1 Å². The number of nitrogens with zero attached hydrogens (tertiary/aromatic N) is 5. The van der Waals surface area contributed by atoms with Crippen molar-refractivity contribution in [3.05, 3.63) is 36.8 Å². The molecule has 2 aromatic heterocycles. The summed E-state index contributed by atoms with van der Waals surface area (Å²) in [5, 5.41) is 0. The summed E-state index contributed by atoms with van der Waals surface area (Å²) in [5.74, 6) is 0.847. The summed E-state index contributed by atoms with van der Waals surface area (Å²) in [6.07, 6.45) is 3.18. The molecule has 0 bridgehead atoms. The molecule has 0 spiro atoms. The molecule has 0 saturated carbocycles. The third-order valence-corrected chi connectivity index (χ3v) is 4.77. The van der Waals surface area contributed by atoms with Crippen molar-refractivity contribution in [1.82, 2.24) is 19.9 Å². The van der Waals surface area contributed by atoms with Crippen LogP contribution in [0.5, 0.6) is 0 Å². The van der Waals surface area contributed by atoms with Gasteiger partial charge in [-0.2, -0.15) is 0 Å². The predicted molar refractivity (Wildman–Crippen MR) is 90.8 cm³/mol. The van der Waals surface area contributed by atoms with Crippen molar-refractivity contribution in [1.29, 1.82) is 0 Å². The summed E-state index contributed by atoms with van der Waals surface area (Å²) in [4.78, 5) is 35.1. The maximum Gasteiger partial charge on any atom is 0.326 e. The van der Waals surface area contributed by atoms with Gasteiger partial charge in [0.1, 0.15) is 12.1 Å². The lowest BCUT2D eigenvalue weighted by atomic mass is 10.2. The SMILES string of the molecule is O=P(O)(O)CCN1CCN(c2cc(-c3ccccn3)ncn2)CC1. The molecular formula is C15H20N5O3P. The van der Waals surface area contributed by atoms with E-state index >= 15 is 0 Å². The largest absolute Gasteiger partial charge is 0.354 e. The van der Waals surface area contributed by atoms with Crippen LogP contribution in [0, 0.1) is 0 Å². The molecule has 24 heavy (non-hydrogen) atoms. The first-order valence-electron chi connectivity index (χ1n) is 7.76. The molecule has 1 aliphatic rings. The Hall–Kier alpha value is -1.86. The van der Waals surface area contributed by atoms with E-state index in [1.165, 1.54) is 0 Å². The first kappa shape index (κ1) is 17.0. The Labute approximate surface area is 140 Å². The Morgan fingerprint density at radius 2 is 1.83 bits per heavy atom. The van der Waals surface area contributed by atoms with Crippen molar-refractivity contribution >= 4 is 13.4 Å². The van der Waals surface area contributed by atoms with Gasteiger partial charge in [0.2, 0.25) is 0 Å². The molecule has 128 valence electrons. The van der Waals surface area contributed by atoms with Crippen LogP contribution in [0.1, 0.15) is 0 Å². The summed E-state index contributed by atoms with van der Waals surface area (Å²) in [7, 11) is -3.93. The minimum Gasteiger partial charge on any atom is -0.354 e. The van der Waals surface area contributed by atoms with E-state index in [4.69, 9.17) is 9.79 Å². The maximum atomic E-state index is 11.0. The van der Waals surface area contributed by atoms with Crippen molar-refractivity contribution in [2.45, 2.75) is 0 Å². The highest BCUT2D eigenvalue weighted by Crippen LogP contribution is 2.33. The van der Waals surface area contributed by atoms with Crippen LogP contribution in [0.2, 0.25) is 0 Å². The Bertz CT molecular complexity index is 716. The van der Waals surface area contributed by atoms with E-state index in [2.05, 4.69) is 24.8 Å². The van der Waals surface area contributed by atoms with Crippen molar-refractivity contribution in [2.24, 2.45) is 0 Å². The van der Waals surface area contributed by atoms with Gasteiger partial charge in [-0.3, -0.25) is 14.4 Å². The van der Waals surface area contributed by atoms with E-state index in [0.717, 1.165) is 43.4 Å². The Kier molecular flexibility index (Phi) is 5.20. The van der Waals surface area contributed by atoms with Crippen molar-refractivity contribution in [2.75, 3.05) is 43.8 Å². The van der Waals surface area contributed by atoms with Crippen LogP contribution in [0.15, 0.2) is 36.8 Å². The molecule has 1 saturated heterocycles. The van der Waals surface area contributed by atoms with Gasteiger partial charge in [0.15, 0.2) is 0 Å². The third kappa shape index (κ3) is 4.58. The lowest BCUT2D eigenvalue weighted by Gasteiger charge is -2.35. The van der Waals surface area contributed by atoms with Crippen molar-refractivity contribution < 1.29 is 14.4 Å². The Balaban J connectivity index is 1.62. The maximum absolute atomic E-state index is 11.0. The Morgan fingerprint density at radius 3 is 2.50 bits per heavy atom. The van der Waals surface area contributed by atoms with E-state index in [-0.39, 0.29) is 6.16 Å².